The largest absolute Gasteiger partial charge is 0.448 e. The van der Waals surface area contributed by atoms with Gasteiger partial charge in [0.2, 0.25) is 5.91 Å². The molecule has 0 aromatic rings. The van der Waals surface area contributed by atoms with Gasteiger partial charge in [0.05, 0.1) is 13.1 Å². The van der Waals surface area contributed by atoms with E-state index in [0.29, 0.717) is 5.75 Å². The summed E-state index contributed by atoms with van der Waals surface area (Å²) in [5.74, 6) is 7.13. The Morgan fingerprint density at radius 1 is 1.35 bits per heavy atom. The first-order valence-electron chi connectivity index (χ1n) is 6.92. The number of rotatable bonds is 5. The number of hydrogen-bond acceptors (Lipinski definition) is 5. The standard InChI is InChI=1S/C17H16N2O3S/c1-5-8-18(9-6-2)14-15(20)19-13(17(21)22-10-7-3)12(4)11-23-16(14)19/h1-3,14,16H,8-11H2,4H3. The summed E-state index contributed by atoms with van der Waals surface area (Å²) in [6.45, 7) is 2.24. The molecule has 0 N–H and O–H groups in total. The lowest BCUT2D eigenvalue weighted by molar-refractivity contribution is -0.155. The van der Waals surface area contributed by atoms with Crippen LogP contribution in [0, 0.1) is 37.0 Å². The molecule has 2 atom stereocenters. The third-order valence-corrected chi connectivity index (χ3v) is 5.00. The third-order valence-electron chi connectivity index (χ3n) is 3.59. The first kappa shape index (κ1) is 17.0. The number of carbonyl (C=O) groups is 2. The van der Waals surface area contributed by atoms with Gasteiger partial charge in [0.25, 0.3) is 0 Å². The molecular formula is C17H16N2O3S. The highest BCUT2D eigenvalue weighted by atomic mass is 32.2. The van der Waals surface area contributed by atoms with Crippen LogP contribution < -0.4 is 0 Å². The zero-order valence-corrected chi connectivity index (χ0v) is 13.6. The van der Waals surface area contributed by atoms with Crippen molar-refractivity contribution in [1.82, 2.24) is 9.80 Å². The second-order valence-electron chi connectivity index (χ2n) is 5.08. The number of amides is 1. The summed E-state index contributed by atoms with van der Waals surface area (Å²) in [5, 5.41) is -0.193. The van der Waals surface area contributed by atoms with Crippen molar-refractivity contribution >= 4 is 23.6 Å². The van der Waals surface area contributed by atoms with Crippen molar-refractivity contribution in [1.29, 1.82) is 0 Å². The molecular weight excluding hydrogens is 312 g/mol. The quantitative estimate of drug-likeness (QED) is 0.412. The van der Waals surface area contributed by atoms with Gasteiger partial charge in [-0.25, -0.2) is 4.79 Å². The molecule has 0 spiro atoms. The van der Waals surface area contributed by atoms with Gasteiger partial charge in [-0.2, -0.15) is 0 Å². The Hall–Kier alpha value is -2.33. The van der Waals surface area contributed by atoms with E-state index in [-0.39, 0.29) is 36.7 Å². The number of thioether (sulfide) groups is 1. The molecule has 23 heavy (non-hydrogen) atoms. The second-order valence-corrected chi connectivity index (χ2v) is 6.18. The average molecular weight is 328 g/mol. The number of ether oxygens (including phenoxy) is 1. The van der Waals surface area contributed by atoms with Crippen LogP contribution in [0.5, 0.6) is 0 Å². The Morgan fingerprint density at radius 2 is 2.00 bits per heavy atom. The molecule has 0 radical (unpaired) electrons. The number of esters is 1. The van der Waals surface area contributed by atoms with E-state index in [1.807, 2.05) is 0 Å². The highest BCUT2D eigenvalue weighted by Gasteiger charge is 2.55. The normalized spacial score (nSPS) is 22.6. The SMILES string of the molecule is C#CCOC(=O)C1=C(C)CSC2C(N(CC#C)CC#C)C(=O)N12. The maximum Gasteiger partial charge on any atom is 0.356 e. The summed E-state index contributed by atoms with van der Waals surface area (Å²) < 4.78 is 4.98. The predicted molar refractivity (Wildman–Crippen MR) is 88.6 cm³/mol. The van der Waals surface area contributed by atoms with Crippen LogP contribution in [0.3, 0.4) is 0 Å². The van der Waals surface area contributed by atoms with Crippen LogP contribution in [0.4, 0.5) is 0 Å². The number of fused-ring (bicyclic) bond motifs is 1. The lowest BCUT2D eigenvalue weighted by atomic mass is 10.0. The van der Waals surface area contributed by atoms with E-state index in [4.69, 9.17) is 24.0 Å². The topological polar surface area (TPSA) is 49.9 Å². The Balaban J connectivity index is 2.22. The van der Waals surface area contributed by atoms with Crippen molar-refractivity contribution < 1.29 is 14.3 Å². The van der Waals surface area contributed by atoms with Crippen molar-refractivity contribution in [2.45, 2.75) is 18.3 Å². The van der Waals surface area contributed by atoms with E-state index in [9.17, 15) is 9.59 Å². The molecule has 0 aromatic carbocycles. The first-order chi connectivity index (χ1) is 11.1. The molecule has 2 heterocycles. The van der Waals surface area contributed by atoms with Gasteiger partial charge in [-0.1, -0.05) is 17.8 Å². The highest BCUT2D eigenvalue weighted by Crippen LogP contribution is 2.42. The van der Waals surface area contributed by atoms with Crippen molar-refractivity contribution in [3.05, 3.63) is 11.3 Å². The molecule has 2 rings (SSSR count). The predicted octanol–water partition coefficient (Wildman–Crippen LogP) is 0.289. The molecule has 1 saturated heterocycles. The zero-order chi connectivity index (χ0) is 17.0. The zero-order valence-electron chi connectivity index (χ0n) is 12.7. The Bertz CT molecular complexity index is 661. The summed E-state index contributed by atoms with van der Waals surface area (Å²) >= 11 is 1.58. The van der Waals surface area contributed by atoms with Crippen LogP contribution in [-0.4, -0.2) is 58.5 Å². The van der Waals surface area contributed by atoms with Crippen LogP contribution in [0.15, 0.2) is 11.3 Å². The van der Waals surface area contributed by atoms with Gasteiger partial charge in [0.1, 0.15) is 17.1 Å². The van der Waals surface area contributed by atoms with E-state index in [2.05, 4.69) is 17.8 Å². The molecule has 0 saturated carbocycles. The lowest BCUT2D eigenvalue weighted by Crippen LogP contribution is -2.70. The first-order valence-corrected chi connectivity index (χ1v) is 7.97. The van der Waals surface area contributed by atoms with Crippen molar-refractivity contribution in [2.24, 2.45) is 0 Å². The van der Waals surface area contributed by atoms with Crippen LogP contribution in [0.25, 0.3) is 0 Å². The van der Waals surface area contributed by atoms with Gasteiger partial charge in [-0.3, -0.25) is 14.6 Å². The maximum absolute atomic E-state index is 12.6. The van der Waals surface area contributed by atoms with Gasteiger partial charge in [0, 0.05) is 5.75 Å². The summed E-state index contributed by atoms with van der Waals surface area (Å²) in [5.41, 5.74) is 1.08. The van der Waals surface area contributed by atoms with Gasteiger partial charge in [-0.05, 0) is 12.5 Å². The third kappa shape index (κ3) is 3.08. The Labute approximate surface area is 140 Å². The Morgan fingerprint density at radius 3 is 2.57 bits per heavy atom. The number of terminal acetylenes is 3. The van der Waals surface area contributed by atoms with E-state index in [0.717, 1.165) is 5.57 Å². The molecule has 0 bridgehead atoms. The van der Waals surface area contributed by atoms with E-state index in [1.165, 1.54) is 4.90 Å². The lowest BCUT2D eigenvalue weighted by Gasteiger charge is -2.52. The summed E-state index contributed by atoms with van der Waals surface area (Å²) in [6, 6.07) is -0.421. The molecule has 1 fully saturated rings. The minimum absolute atomic E-state index is 0.126. The summed E-state index contributed by atoms with van der Waals surface area (Å²) in [6.07, 6.45) is 15.8. The van der Waals surface area contributed by atoms with Crippen LogP contribution in [0.1, 0.15) is 6.92 Å². The van der Waals surface area contributed by atoms with Crippen LogP contribution >= 0.6 is 11.8 Å². The van der Waals surface area contributed by atoms with Gasteiger partial charge in [0.15, 0.2) is 6.61 Å². The minimum Gasteiger partial charge on any atom is -0.448 e. The smallest absolute Gasteiger partial charge is 0.356 e. The molecule has 5 nitrogen and oxygen atoms in total. The second kappa shape index (κ2) is 7.29. The maximum atomic E-state index is 12.6. The van der Waals surface area contributed by atoms with Crippen LogP contribution in [0.2, 0.25) is 0 Å². The summed E-state index contributed by atoms with van der Waals surface area (Å²) in [7, 11) is 0. The Kier molecular flexibility index (Phi) is 5.40. The van der Waals surface area contributed by atoms with Gasteiger partial charge in [-0.15, -0.1) is 31.0 Å². The molecule has 0 aliphatic carbocycles. The molecule has 2 unspecified atom stereocenters. The number of nitrogens with zero attached hydrogens (tertiary/aromatic N) is 2. The van der Waals surface area contributed by atoms with E-state index in [1.54, 1.807) is 23.6 Å². The fraction of sp³-hybridized carbons (Fsp3) is 0.412. The van der Waals surface area contributed by atoms with Crippen LogP contribution in [-0.2, 0) is 14.3 Å². The summed E-state index contributed by atoms with van der Waals surface area (Å²) in [4.78, 5) is 28.0. The fourth-order valence-electron chi connectivity index (χ4n) is 2.61. The number of β-lactam (4-membered cyclic amide) rings is 1. The molecule has 2 aliphatic rings. The average Bonchev–Trinajstić information content (AvgIpc) is 2.53. The molecule has 0 aromatic heterocycles. The minimum atomic E-state index is -0.571. The fourth-order valence-corrected chi connectivity index (χ4v) is 3.99. The molecule has 118 valence electrons. The highest BCUT2D eigenvalue weighted by molar-refractivity contribution is 8.00. The van der Waals surface area contributed by atoms with Crippen molar-refractivity contribution in [2.75, 3.05) is 25.4 Å². The van der Waals surface area contributed by atoms with Crippen molar-refractivity contribution in [3.8, 4) is 37.0 Å². The van der Waals surface area contributed by atoms with E-state index >= 15 is 0 Å². The monoisotopic (exact) mass is 328 g/mol. The molecule has 1 amide bonds. The number of hydrogen-bond donors (Lipinski definition) is 0. The molecule has 6 heteroatoms. The van der Waals surface area contributed by atoms with Crippen molar-refractivity contribution in [3.63, 3.8) is 0 Å². The molecule has 2 aliphatic heterocycles. The van der Waals surface area contributed by atoms with Gasteiger partial charge >= 0.3 is 5.97 Å². The van der Waals surface area contributed by atoms with Gasteiger partial charge < -0.3 is 4.74 Å². The van der Waals surface area contributed by atoms with E-state index < -0.39 is 12.0 Å². The number of carbonyl (C=O) groups excluding carboxylic acids is 2.